The van der Waals surface area contributed by atoms with E-state index in [2.05, 4.69) is 0 Å². The molecule has 0 bridgehead atoms. The number of amides is 1. The van der Waals surface area contributed by atoms with E-state index in [1.54, 1.807) is 23.6 Å². The van der Waals surface area contributed by atoms with Gasteiger partial charge in [0.2, 0.25) is 5.91 Å². The molecule has 0 N–H and O–H groups in total. The average molecular weight is 415 g/mol. The lowest BCUT2D eigenvalue weighted by atomic mass is 10.0. The van der Waals surface area contributed by atoms with Crippen LogP contribution < -0.4 is 0 Å². The Hall–Kier alpha value is -2.74. The van der Waals surface area contributed by atoms with Crippen molar-refractivity contribution in [1.82, 2.24) is 4.90 Å². The van der Waals surface area contributed by atoms with Crippen molar-refractivity contribution in [3.05, 3.63) is 59.0 Å². The van der Waals surface area contributed by atoms with Crippen LogP contribution in [-0.4, -0.2) is 41.7 Å². The number of fused-ring (bicyclic) bond motifs is 1. The van der Waals surface area contributed by atoms with Crippen molar-refractivity contribution in [3.8, 4) is 0 Å². The van der Waals surface area contributed by atoms with Crippen molar-refractivity contribution in [2.45, 2.75) is 37.3 Å². The summed E-state index contributed by atoms with van der Waals surface area (Å²) in [6.45, 7) is 1.53. The third-order valence-electron chi connectivity index (χ3n) is 5.35. The Labute approximate surface area is 172 Å². The van der Waals surface area contributed by atoms with Crippen LogP contribution >= 0.6 is 11.8 Å². The van der Waals surface area contributed by atoms with Crippen molar-refractivity contribution in [2.24, 2.45) is 0 Å². The lowest BCUT2D eigenvalue weighted by molar-refractivity contribution is -0.155. The zero-order chi connectivity index (χ0) is 20.6. The average Bonchev–Trinajstić information content (AvgIpc) is 3.40. The molecule has 0 radical (unpaired) electrons. The smallest absolute Gasteiger partial charge is 0.341 e. The molecule has 2 fully saturated rings. The van der Waals surface area contributed by atoms with Gasteiger partial charge in [-0.15, -0.1) is 11.8 Å². The van der Waals surface area contributed by atoms with Crippen LogP contribution in [0.25, 0.3) is 0 Å². The molecule has 4 rings (SSSR count). The van der Waals surface area contributed by atoms with Crippen LogP contribution in [0.15, 0.2) is 40.8 Å². The highest BCUT2D eigenvalue weighted by Crippen LogP contribution is 2.54. The summed E-state index contributed by atoms with van der Waals surface area (Å²) in [5.41, 5.74) is 1.32. The zero-order valence-corrected chi connectivity index (χ0v) is 17.0. The number of hydrogen-bond donors (Lipinski definition) is 0. The Bertz CT molecular complexity index is 955. The van der Waals surface area contributed by atoms with Crippen LogP contribution in [0.1, 0.15) is 40.3 Å². The summed E-state index contributed by atoms with van der Waals surface area (Å²) in [4.78, 5) is 38.3. The van der Waals surface area contributed by atoms with E-state index in [1.165, 1.54) is 13.2 Å². The zero-order valence-electron chi connectivity index (χ0n) is 16.2. The Morgan fingerprint density at radius 2 is 2.07 bits per heavy atom. The summed E-state index contributed by atoms with van der Waals surface area (Å²) in [6, 6.07) is 10.7. The lowest BCUT2D eigenvalue weighted by Crippen LogP contribution is -2.46. The van der Waals surface area contributed by atoms with E-state index < -0.39 is 22.9 Å². The Morgan fingerprint density at radius 1 is 1.31 bits per heavy atom. The van der Waals surface area contributed by atoms with Gasteiger partial charge in [-0.2, -0.15) is 0 Å². The fourth-order valence-electron chi connectivity index (χ4n) is 3.98. The van der Waals surface area contributed by atoms with Crippen LogP contribution in [0.4, 0.5) is 0 Å². The minimum absolute atomic E-state index is 0.0392. The molecule has 2 saturated heterocycles. The molecule has 1 aromatic heterocycles. The number of nitrogens with zero attached hydrogens (tertiary/aromatic N) is 1. The summed E-state index contributed by atoms with van der Waals surface area (Å²) in [7, 11) is 1.29. The van der Waals surface area contributed by atoms with Crippen molar-refractivity contribution in [2.75, 3.05) is 12.9 Å². The number of ether oxygens (including phenoxy) is 2. The topological polar surface area (TPSA) is 86.0 Å². The highest BCUT2D eigenvalue weighted by Gasteiger charge is 2.57. The number of thioether (sulfide) groups is 1. The van der Waals surface area contributed by atoms with E-state index >= 15 is 0 Å². The summed E-state index contributed by atoms with van der Waals surface area (Å²) < 4.78 is 15.6. The molecule has 2 aliphatic heterocycles. The number of esters is 2. The van der Waals surface area contributed by atoms with E-state index in [0.717, 1.165) is 5.56 Å². The van der Waals surface area contributed by atoms with Crippen LogP contribution in [0.3, 0.4) is 0 Å². The molecule has 1 amide bonds. The Morgan fingerprint density at radius 3 is 2.79 bits per heavy atom. The fraction of sp³-hybridized carbons (Fsp3) is 0.381. The Balaban J connectivity index is 1.49. The molecule has 2 aliphatic rings. The SMILES string of the molecule is COC(=O)c1cc(COC(=O)[C@@H]2CS[C@]3(c4ccccc4)CCC(=O)N23)oc1C. The van der Waals surface area contributed by atoms with Crippen molar-refractivity contribution in [1.29, 1.82) is 0 Å². The number of methoxy groups -OCH3 is 1. The van der Waals surface area contributed by atoms with E-state index in [4.69, 9.17) is 13.9 Å². The normalized spacial score (nSPS) is 23.2. The molecule has 0 unspecified atom stereocenters. The van der Waals surface area contributed by atoms with Gasteiger partial charge in [0.1, 0.15) is 34.6 Å². The molecule has 0 saturated carbocycles. The second-order valence-corrected chi connectivity index (χ2v) is 8.32. The minimum Gasteiger partial charge on any atom is -0.465 e. The van der Waals surface area contributed by atoms with Crippen LogP contribution in [-0.2, 0) is 30.5 Å². The van der Waals surface area contributed by atoms with Crippen molar-refractivity contribution in [3.63, 3.8) is 0 Å². The van der Waals surface area contributed by atoms with Gasteiger partial charge in [-0.3, -0.25) is 4.79 Å². The second-order valence-electron chi connectivity index (χ2n) is 7.02. The second kappa shape index (κ2) is 7.59. The van der Waals surface area contributed by atoms with Crippen LogP contribution in [0.2, 0.25) is 0 Å². The minimum atomic E-state index is -0.647. The van der Waals surface area contributed by atoms with Gasteiger partial charge in [-0.05, 0) is 25.0 Å². The quantitative estimate of drug-likeness (QED) is 0.694. The molecule has 0 aliphatic carbocycles. The number of hydrogen-bond acceptors (Lipinski definition) is 7. The molecule has 152 valence electrons. The predicted molar refractivity (Wildman–Crippen MR) is 105 cm³/mol. The number of carbonyl (C=O) groups excluding carboxylic acids is 3. The summed E-state index contributed by atoms with van der Waals surface area (Å²) >= 11 is 1.61. The van der Waals surface area contributed by atoms with E-state index in [9.17, 15) is 14.4 Å². The lowest BCUT2D eigenvalue weighted by Gasteiger charge is -2.33. The summed E-state index contributed by atoms with van der Waals surface area (Å²) in [5, 5.41) is 0. The number of furan rings is 1. The number of rotatable bonds is 5. The Kier molecular flexibility index (Phi) is 5.12. The number of carbonyl (C=O) groups is 3. The van der Waals surface area contributed by atoms with E-state index in [-0.39, 0.29) is 12.5 Å². The third kappa shape index (κ3) is 3.31. The van der Waals surface area contributed by atoms with Gasteiger partial charge < -0.3 is 18.8 Å². The van der Waals surface area contributed by atoms with Gasteiger partial charge in [0.25, 0.3) is 0 Å². The molecule has 8 heteroatoms. The fourth-order valence-corrected chi connectivity index (χ4v) is 5.62. The van der Waals surface area contributed by atoms with Crippen LogP contribution in [0.5, 0.6) is 0 Å². The highest BCUT2D eigenvalue weighted by atomic mass is 32.2. The largest absolute Gasteiger partial charge is 0.465 e. The van der Waals surface area contributed by atoms with Crippen molar-refractivity contribution < 1.29 is 28.3 Å². The van der Waals surface area contributed by atoms with Gasteiger partial charge in [0.05, 0.1) is 7.11 Å². The highest BCUT2D eigenvalue weighted by molar-refractivity contribution is 8.00. The first-order chi connectivity index (χ1) is 14.0. The first kappa shape index (κ1) is 19.6. The first-order valence-electron chi connectivity index (χ1n) is 9.32. The molecule has 0 spiro atoms. The van der Waals surface area contributed by atoms with Gasteiger partial charge in [0, 0.05) is 12.2 Å². The van der Waals surface area contributed by atoms with E-state index in [0.29, 0.717) is 35.7 Å². The third-order valence-corrected chi connectivity index (χ3v) is 6.95. The van der Waals surface area contributed by atoms with Gasteiger partial charge in [0.15, 0.2) is 0 Å². The van der Waals surface area contributed by atoms with E-state index in [1.807, 2.05) is 30.3 Å². The summed E-state index contributed by atoms with van der Waals surface area (Å²) in [6.07, 6.45) is 1.08. The monoisotopic (exact) mass is 415 g/mol. The molecule has 29 heavy (non-hydrogen) atoms. The standard InChI is InChI=1S/C21H21NO6S/c1-13-16(19(24)26-2)10-15(28-13)11-27-20(25)17-12-29-21(9-8-18(23)22(17)21)14-6-4-3-5-7-14/h3-7,10,17H,8-9,11-12H2,1-2H3/t17-,21-/m0/s1. The summed E-state index contributed by atoms with van der Waals surface area (Å²) in [5.74, 6) is 0.207. The molecule has 3 heterocycles. The first-order valence-corrected chi connectivity index (χ1v) is 10.3. The van der Waals surface area contributed by atoms with Gasteiger partial charge in [-0.1, -0.05) is 30.3 Å². The molecule has 7 nitrogen and oxygen atoms in total. The molecule has 2 aromatic rings. The maximum atomic E-state index is 12.8. The molecular formula is C21H21NO6S. The maximum absolute atomic E-state index is 12.8. The number of benzene rings is 1. The molecule has 1 aromatic carbocycles. The molecule has 2 atom stereocenters. The number of aryl methyl sites for hydroxylation is 1. The van der Waals surface area contributed by atoms with Crippen LogP contribution in [0, 0.1) is 6.92 Å². The van der Waals surface area contributed by atoms with Crippen molar-refractivity contribution >= 4 is 29.6 Å². The van der Waals surface area contributed by atoms with Gasteiger partial charge >= 0.3 is 11.9 Å². The molecular weight excluding hydrogens is 394 g/mol. The maximum Gasteiger partial charge on any atom is 0.341 e. The van der Waals surface area contributed by atoms with Gasteiger partial charge in [-0.25, -0.2) is 9.59 Å². The predicted octanol–water partition coefficient (Wildman–Crippen LogP) is 3.01.